The van der Waals surface area contributed by atoms with Gasteiger partial charge in [0.2, 0.25) is 0 Å². The van der Waals surface area contributed by atoms with E-state index in [9.17, 15) is 4.79 Å². The summed E-state index contributed by atoms with van der Waals surface area (Å²) in [7, 11) is 1.60. The Bertz CT molecular complexity index is 779. The molecule has 0 fully saturated rings. The maximum atomic E-state index is 11.8. The third-order valence-electron chi connectivity index (χ3n) is 3.55. The summed E-state index contributed by atoms with van der Waals surface area (Å²) in [5, 5.41) is 2.82. The average Bonchev–Trinajstić information content (AvgIpc) is 3.03. The normalized spacial score (nSPS) is 10.5. The van der Waals surface area contributed by atoms with Crippen LogP contribution in [0.2, 0.25) is 0 Å². The Morgan fingerprint density at radius 2 is 1.88 bits per heavy atom. The molecule has 1 amide bonds. The van der Waals surface area contributed by atoms with Gasteiger partial charge in [-0.25, -0.2) is 4.98 Å². The first kappa shape index (κ1) is 15.9. The Morgan fingerprint density at radius 3 is 2.62 bits per heavy atom. The SMILES string of the molecule is COc1ccc(OCC(=O)NCCc2nc3ccccc3[nH]2)cc1. The number of hydrogen-bond acceptors (Lipinski definition) is 4. The van der Waals surface area contributed by atoms with Gasteiger partial charge in [-0.15, -0.1) is 0 Å². The van der Waals surface area contributed by atoms with Gasteiger partial charge in [-0.2, -0.15) is 0 Å². The highest BCUT2D eigenvalue weighted by molar-refractivity contribution is 5.77. The van der Waals surface area contributed by atoms with Gasteiger partial charge in [0.05, 0.1) is 18.1 Å². The molecule has 24 heavy (non-hydrogen) atoms. The summed E-state index contributed by atoms with van der Waals surface area (Å²) in [6, 6.07) is 14.9. The zero-order valence-corrected chi connectivity index (χ0v) is 13.4. The lowest BCUT2D eigenvalue weighted by atomic mass is 10.3. The van der Waals surface area contributed by atoms with Gasteiger partial charge in [-0.1, -0.05) is 12.1 Å². The molecule has 0 saturated heterocycles. The number of amides is 1. The number of hydrogen-bond donors (Lipinski definition) is 2. The minimum absolute atomic E-state index is 0.0214. The molecule has 1 aromatic heterocycles. The molecule has 0 saturated carbocycles. The topological polar surface area (TPSA) is 76.2 Å². The van der Waals surface area contributed by atoms with E-state index in [1.807, 2.05) is 24.3 Å². The molecule has 0 aliphatic heterocycles. The number of nitrogens with zero attached hydrogens (tertiary/aromatic N) is 1. The first-order valence-corrected chi connectivity index (χ1v) is 7.72. The number of aromatic amines is 1. The first-order valence-electron chi connectivity index (χ1n) is 7.72. The van der Waals surface area contributed by atoms with E-state index in [1.165, 1.54) is 0 Å². The van der Waals surface area contributed by atoms with Crippen molar-refractivity contribution >= 4 is 16.9 Å². The maximum absolute atomic E-state index is 11.8. The number of nitrogens with one attached hydrogen (secondary N) is 2. The molecule has 0 unspecified atom stereocenters. The molecule has 124 valence electrons. The van der Waals surface area contributed by atoms with Crippen LogP contribution in [0.25, 0.3) is 11.0 Å². The maximum Gasteiger partial charge on any atom is 0.257 e. The second kappa shape index (κ2) is 7.50. The lowest BCUT2D eigenvalue weighted by Crippen LogP contribution is -2.30. The van der Waals surface area contributed by atoms with Gasteiger partial charge in [0.15, 0.2) is 6.61 Å². The summed E-state index contributed by atoms with van der Waals surface area (Å²) in [6.45, 7) is 0.483. The van der Waals surface area contributed by atoms with Crippen molar-refractivity contribution in [2.45, 2.75) is 6.42 Å². The molecule has 6 heteroatoms. The monoisotopic (exact) mass is 325 g/mol. The zero-order chi connectivity index (χ0) is 16.8. The molecule has 3 rings (SSSR count). The molecule has 3 aromatic rings. The fourth-order valence-corrected chi connectivity index (χ4v) is 2.32. The number of para-hydroxylation sites is 2. The van der Waals surface area contributed by atoms with Crippen molar-refractivity contribution in [3.63, 3.8) is 0 Å². The van der Waals surface area contributed by atoms with Crippen LogP contribution < -0.4 is 14.8 Å². The van der Waals surface area contributed by atoms with Crippen LogP contribution in [0.1, 0.15) is 5.82 Å². The van der Waals surface area contributed by atoms with E-state index in [-0.39, 0.29) is 12.5 Å². The van der Waals surface area contributed by atoms with Gasteiger partial charge in [0.25, 0.3) is 5.91 Å². The van der Waals surface area contributed by atoms with Crippen molar-refractivity contribution in [3.05, 3.63) is 54.4 Å². The molecule has 2 N–H and O–H groups in total. The molecular formula is C18H19N3O3. The Morgan fingerprint density at radius 1 is 1.12 bits per heavy atom. The average molecular weight is 325 g/mol. The van der Waals surface area contributed by atoms with Crippen LogP contribution >= 0.6 is 0 Å². The summed E-state index contributed by atoms with van der Waals surface area (Å²) in [5.41, 5.74) is 1.93. The minimum atomic E-state index is -0.165. The van der Waals surface area contributed by atoms with Gasteiger partial charge in [0.1, 0.15) is 17.3 Å². The molecule has 0 atom stereocenters. The van der Waals surface area contributed by atoms with Crippen LogP contribution in [-0.4, -0.2) is 36.1 Å². The fourth-order valence-electron chi connectivity index (χ4n) is 2.32. The van der Waals surface area contributed by atoms with E-state index in [4.69, 9.17) is 9.47 Å². The molecular weight excluding hydrogens is 306 g/mol. The molecule has 0 aliphatic rings. The van der Waals surface area contributed by atoms with Crippen LogP contribution in [0.5, 0.6) is 11.5 Å². The Hall–Kier alpha value is -3.02. The third kappa shape index (κ3) is 4.04. The zero-order valence-electron chi connectivity index (χ0n) is 13.4. The number of H-pyrrole nitrogens is 1. The standard InChI is InChI=1S/C18H19N3O3/c1-23-13-6-8-14(9-7-13)24-12-18(22)19-11-10-17-20-15-4-2-3-5-16(15)21-17/h2-9H,10-12H2,1H3,(H,19,22)(H,20,21). The van der Waals surface area contributed by atoms with Crippen LogP contribution in [0.3, 0.4) is 0 Å². The molecule has 1 heterocycles. The van der Waals surface area contributed by atoms with E-state index in [2.05, 4.69) is 15.3 Å². The summed E-state index contributed by atoms with van der Waals surface area (Å²) in [6.07, 6.45) is 0.642. The second-order valence-corrected chi connectivity index (χ2v) is 5.26. The number of fused-ring (bicyclic) bond motifs is 1. The van der Waals surface area contributed by atoms with E-state index >= 15 is 0 Å². The second-order valence-electron chi connectivity index (χ2n) is 5.26. The predicted molar refractivity (Wildman–Crippen MR) is 91.3 cm³/mol. The van der Waals surface area contributed by atoms with Crippen LogP contribution in [0.15, 0.2) is 48.5 Å². The first-order chi connectivity index (χ1) is 11.7. The lowest BCUT2D eigenvalue weighted by molar-refractivity contribution is -0.123. The predicted octanol–water partition coefficient (Wildman–Crippen LogP) is 2.31. The van der Waals surface area contributed by atoms with E-state index in [0.29, 0.717) is 18.7 Å². The summed E-state index contributed by atoms with van der Waals surface area (Å²) in [4.78, 5) is 19.5. The number of ether oxygens (including phenoxy) is 2. The van der Waals surface area contributed by atoms with Gasteiger partial charge < -0.3 is 19.8 Å². The summed E-state index contributed by atoms with van der Waals surface area (Å²) < 4.78 is 10.5. The van der Waals surface area contributed by atoms with E-state index in [1.54, 1.807) is 31.4 Å². The molecule has 0 bridgehead atoms. The molecule has 6 nitrogen and oxygen atoms in total. The van der Waals surface area contributed by atoms with Crippen LogP contribution in [0.4, 0.5) is 0 Å². The summed E-state index contributed by atoms with van der Waals surface area (Å²) >= 11 is 0. The van der Waals surface area contributed by atoms with E-state index < -0.39 is 0 Å². The van der Waals surface area contributed by atoms with Crippen molar-refractivity contribution in [2.75, 3.05) is 20.3 Å². The van der Waals surface area contributed by atoms with Crippen molar-refractivity contribution in [1.29, 1.82) is 0 Å². The molecule has 2 aromatic carbocycles. The van der Waals surface area contributed by atoms with Crippen molar-refractivity contribution in [3.8, 4) is 11.5 Å². The molecule has 0 radical (unpaired) electrons. The lowest BCUT2D eigenvalue weighted by Gasteiger charge is -2.07. The largest absolute Gasteiger partial charge is 0.497 e. The van der Waals surface area contributed by atoms with Gasteiger partial charge in [-0.3, -0.25) is 4.79 Å². The number of methoxy groups -OCH3 is 1. The highest BCUT2D eigenvalue weighted by atomic mass is 16.5. The highest BCUT2D eigenvalue weighted by Crippen LogP contribution is 2.16. The van der Waals surface area contributed by atoms with Crippen LogP contribution in [0, 0.1) is 0 Å². The van der Waals surface area contributed by atoms with Gasteiger partial charge in [0, 0.05) is 13.0 Å². The van der Waals surface area contributed by atoms with Gasteiger partial charge >= 0.3 is 0 Å². The third-order valence-corrected chi connectivity index (χ3v) is 3.55. The molecule has 0 aliphatic carbocycles. The minimum Gasteiger partial charge on any atom is -0.497 e. The van der Waals surface area contributed by atoms with Crippen LogP contribution in [-0.2, 0) is 11.2 Å². The number of carbonyl (C=O) groups excluding carboxylic acids is 1. The van der Waals surface area contributed by atoms with Crippen molar-refractivity contribution in [1.82, 2.24) is 15.3 Å². The number of carbonyl (C=O) groups is 1. The van der Waals surface area contributed by atoms with E-state index in [0.717, 1.165) is 22.6 Å². The van der Waals surface area contributed by atoms with Crippen molar-refractivity contribution < 1.29 is 14.3 Å². The smallest absolute Gasteiger partial charge is 0.257 e. The fraction of sp³-hybridized carbons (Fsp3) is 0.222. The Labute approximate surface area is 139 Å². The number of benzene rings is 2. The number of imidazole rings is 1. The number of rotatable bonds is 7. The summed E-state index contributed by atoms with van der Waals surface area (Å²) in [5.74, 6) is 2.07. The highest BCUT2D eigenvalue weighted by Gasteiger charge is 2.05. The number of aromatic nitrogens is 2. The quantitative estimate of drug-likeness (QED) is 0.699. The van der Waals surface area contributed by atoms with Gasteiger partial charge in [-0.05, 0) is 36.4 Å². The molecule has 0 spiro atoms. The Kier molecular flexibility index (Phi) is 4.96. The van der Waals surface area contributed by atoms with Crippen molar-refractivity contribution in [2.24, 2.45) is 0 Å². The Balaban J connectivity index is 1.41.